The van der Waals surface area contributed by atoms with Gasteiger partial charge in [0.2, 0.25) is 5.95 Å². The third-order valence-electron chi connectivity index (χ3n) is 3.94. The zero-order chi connectivity index (χ0) is 20.1. The fraction of sp³-hybridized carbons (Fsp3) is 0.222. The molecule has 0 aliphatic carbocycles. The number of aromatic nitrogens is 4. The number of methoxy groups -OCH3 is 2. The summed E-state index contributed by atoms with van der Waals surface area (Å²) in [6.07, 6.45) is 4.61. The monoisotopic (exact) mass is 384 g/mol. The number of nitrogens with one attached hydrogen (secondary N) is 2. The minimum absolute atomic E-state index is 0.0504. The Morgan fingerprint density at radius 2 is 1.93 bits per heavy atom. The SMILES string of the molecule is COc1cccc(OC)c1CNc1nc(Nc2cnn(C)c2)ncc1C(=O)O. The van der Waals surface area contributed by atoms with Gasteiger partial charge in [-0.2, -0.15) is 10.1 Å². The Kier molecular flexibility index (Phi) is 5.58. The van der Waals surface area contributed by atoms with Crippen molar-refractivity contribution in [2.24, 2.45) is 7.05 Å². The molecular weight excluding hydrogens is 364 g/mol. The molecule has 3 rings (SSSR count). The molecule has 3 aromatic rings. The van der Waals surface area contributed by atoms with Gasteiger partial charge in [0.15, 0.2) is 0 Å². The van der Waals surface area contributed by atoms with E-state index in [9.17, 15) is 9.90 Å². The van der Waals surface area contributed by atoms with Crippen molar-refractivity contribution in [3.05, 3.63) is 47.9 Å². The highest BCUT2D eigenvalue weighted by atomic mass is 16.5. The van der Waals surface area contributed by atoms with Crippen molar-refractivity contribution in [3.8, 4) is 11.5 Å². The first kappa shape index (κ1) is 19.0. The number of rotatable bonds is 8. The lowest BCUT2D eigenvalue weighted by atomic mass is 10.1. The van der Waals surface area contributed by atoms with Crippen molar-refractivity contribution >= 4 is 23.4 Å². The second-order valence-electron chi connectivity index (χ2n) is 5.78. The predicted octanol–water partition coefficient (Wildman–Crippen LogP) is 2.28. The quantitative estimate of drug-likeness (QED) is 0.536. The fourth-order valence-corrected chi connectivity index (χ4v) is 2.62. The Hall–Kier alpha value is -3.82. The van der Waals surface area contributed by atoms with Crippen molar-refractivity contribution in [1.29, 1.82) is 0 Å². The van der Waals surface area contributed by atoms with Gasteiger partial charge in [-0.3, -0.25) is 4.68 Å². The molecule has 0 spiro atoms. The third kappa shape index (κ3) is 4.11. The van der Waals surface area contributed by atoms with Crippen LogP contribution in [-0.2, 0) is 13.6 Å². The van der Waals surface area contributed by atoms with Gasteiger partial charge in [0.25, 0.3) is 0 Å². The van der Waals surface area contributed by atoms with Crippen LogP contribution in [0.5, 0.6) is 11.5 Å². The maximum Gasteiger partial charge on any atom is 0.341 e. The van der Waals surface area contributed by atoms with Crippen LogP contribution in [0.1, 0.15) is 15.9 Å². The molecule has 146 valence electrons. The topological polar surface area (TPSA) is 123 Å². The Balaban J connectivity index is 1.88. The molecule has 10 heteroatoms. The van der Waals surface area contributed by atoms with E-state index in [4.69, 9.17) is 9.47 Å². The van der Waals surface area contributed by atoms with Gasteiger partial charge in [0.05, 0.1) is 31.7 Å². The summed E-state index contributed by atoms with van der Waals surface area (Å²) in [4.78, 5) is 19.9. The number of aryl methyl sites for hydroxylation is 1. The van der Waals surface area contributed by atoms with Crippen LogP contribution in [0.3, 0.4) is 0 Å². The summed E-state index contributed by atoms with van der Waals surface area (Å²) in [6.45, 7) is 0.247. The van der Waals surface area contributed by atoms with Crippen LogP contribution in [0.15, 0.2) is 36.8 Å². The molecule has 0 fully saturated rings. The third-order valence-corrected chi connectivity index (χ3v) is 3.94. The highest BCUT2D eigenvalue weighted by molar-refractivity contribution is 5.93. The van der Waals surface area contributed by atoms with E-state index in [0.29, 0.717) is 17.2 Å². The van der Waals surface area contributed by atoms with Gasteiger partial charge in [-0.15, -0.1) is 0 Å². The first-order valence-electron chi connectivity index (χ1n) is 8.31. The Morgan fingerprint density at radius 1 is 1.21 bits per heavy atom. The lowest BCUT2D eigenvalue weighted by molar-refractivity contribution is 0.0697. The second kappa shape index (κ2) is 8.25. The molecule has 2 heterocycles. The average molecular weight is 384 g/mol. The molecule has 0 unspecified atom stereocenters. The maximum absolute atomic E-state index is 11.5. The Morgan fingerprint density at radius 3 is 2.50 bits per heavy atom. The number of nitrogens with zero attached hydrogens (tertiary/aromatic N) is 4. The zero-order valence-corrected chi connectivity index (χ0v) is 15.6. The molecule has 2 aromatic heterocycles. The molecular formula is C18H20N6O4. The number of hydrogen-bond acceptors (Lipinski definition) is 8. The fourth-order valence-electron chi connectivity index (χ4n) is 2.62. The van der Waals surface area contributed by atoms with Crippen LogP contribution in [0.25, 0.3) is 0 Å². The summed E-state index contributed by atoms with van der Waals surface area (Å²) in [7, 11) is 4.90. The molecule has 0 amide bonds. The zero-order valence-electron chi connectivity index (χ0n) is 15.6. The number of carbonyl (C=O) groups is 1. The smallest absolute Gasteiger partial charge is 0.341 e. The highest BCUT2D eigenvalue weighted by Gasteiger charge is 2.16. The molecule has 0 aliphatic heterocycles. The molecule has 0 aliphatic rings. The van der Waals surface area contributed by atoms with Crippen molar-refractivity contribution in [3.63, 3.8) is 0 Å². The van der Waals surface area contributed by atoms with E-state index < -0.39 is 5.97 Å². The number of ether oxygens (including phenoxy) is 2. The summed E-state index contributed by atoms with van der Waals surface area (Å²) >= 11 is 0. The highest BCUT2D eigenvalue weighted by Crippen LogP contribution is 2.29. The van der Waals surface area contributed by atoms with Crippen molar-refractivity contribution < 1.29 is 19.4 Å². The van der Waals surface area contributed by atoms with Gasteiger partial charge in [0.1, 0.15) is 22.9 Å². The molecule has 0 saturated carbocycles. The summed E-state index contributed by atoms with van der Waals surface area (Å²) in [5.41, 5.74) is 1.37. The van der Waals surface area contributed by atoms with Crippen LogP contribution in [0.2, 0.25) is 0 Å². The summed E-state index contributed by atoms with van der Waals surface area (Å²) in [6, 6.07) is 5.41. The maximum atomic E-state index is 11.5. The Labute approximate surface area is 161 Å². The van der Waals surface area contributed by atoms with Gasteiger partial charge in [-0.1, -0.05) is 6.07 Å². The molecule has 3 N–H and O–H groups in total. The van der Waals surface area contributed by atoms with E-state index in [1.807, 2.05) is 6.07 Å². The molecule has 0 saturated heterocycles. The molecule has 0 radical (unpaired) electrons. The van der Waals surface area contributed by atoms with Crippen molar-refractivity contribution in [1.82, 2.24) is 19.7 Å². The van der Waals surface area contributed by atoms with Crippen LogP contribution in [0.4, 0.5) is 17.5 Å². The van der Waals surface area contributed by atoms with Gasteiger partial charge < -0.3 is 25.2 Å². The largest absolute Gasteiger partial charge is 0.496 e. The summed E-state index contributed by atoms with van der Waals surface area (Å²) < 4.78 is 12.4. The molecule has 0 atom stereocenters. The summed E-state index contributed by atoms with van der Waals surface area (Å²) in [5.74, 6) is 0.509. The average Bonchev–Trinajstić information content (AvgIpc) is 3.10. The molecule has 10 nitrogen and oxygen atoms in total. The molecule has 28 heavy (non-hydrogen) atoms. The lowest BCUT2D eigenvalue weighted by Crippen LogP contribution is -2.12. The van der Waals surface area contributed by atoms with E-state index in [1.165, 1.54) is 6.20 Å². The van der Waals surface area contributed by atoms with E-state index in [-0.39, 0.29) is 23.9 Å². The van der Waals surface area contributed by atoms with Gasteiger partial charge in [-0.25, -0.2) is 9.78 Å². The van der Waals surface area contributed by atoms with Crippen LogP contribution >= 0.6 is 0 Å². The molecule has 0 bridgehead atoms. The minimum Gasteiger partial charge on any atom is -0.496 e. The van der Waals surface area contributed by atoms with Gasteiger partial charge in [0, 0.05) is 26.0 Å². The van der Waals surface area contributed by atoms with Crippen LogP contribution in [0, 0.1) is 0 Å². The second-order valence-corrected chi connectivity index (χ2v) is 5.78. The number of anilines is 3. The Bertz CT molecular complexity index is 966. The number of benzene rings is 1. The number of carboxylic acid groups (broad SMARTS) is 1. The number of aromatic carboxylic acids is 1. The van der Waals surface area contributed by atoms with Gasteiger partial charge in [-0.05, 0) is 12.1 Å². The minimum atomic E-state index is -1.14. The first-order chi connectivity index (χ1) is 13.5. The number of hydrogen-bond donors (Lipinski definition) is 3. The number of carboxylic acids is 1. The normalized spacial score (nSPS) is 10.4. The summed E-state index contributed by atoms with van der Waals surface area (Å²) in [5, 5.41) is 19.5. The van der Waals surface area contributed by atoms with Crippen molar-refractivity contribution in [2.75, 3.05) is 24.9 Å². The van der Waals surface area contributed by atoms with Gasteiger partial charge >= 0.3 is 5.97 Å². The van der Waals surface area contributed by atoms with E-state index >= 15 is 0 Å². The standard InChI is InChI=1S/C18H20N6O4/c1-24-10-11(7-21-24)22-18-20-9-13(17(25)26)16(23-18)19-8-12-14(27-2)5-4-6-15(12)28-3/h4-7,9-10H,8H2,1-3H3,(H,25,26)(H2,19,20,22,23). The van der Waals surface area contributed by atoms with E-state index in [0.717, 1.165) is 5.56 Å². The van der Waals surface area contributed by atoms with E-state index in [2.05, 4.69) is 25.7 Å². The first-order valence-corrected chi connectivity index (χ1v) is 8.31. The van der Waals surface area contributed by atoms with E-state index in [1.54, 1.807) is 50.5 Å². The van der Waals surface area contributed by atoms with Crippen molar-refractivity contribution in [2.45, 2.75) is 6.54 Å². The lowest BCUT2D eigenvalue weighted by Gasteiger charge is -2.15. The predicted molar refractivity (Wildman–Crippen MR) is 102 cm³/mol. The van der Waals surface area contributed by atoms with Crippen LogP contribution < -0.4 is 20.1 Å². The molecule has 1 aromatic carbocycles. The van der Waals surface area contributed by atoms with Crippen LogP contribution in [-0.4, -0.2) is 45.0 Å².